The molecule has 1 fully saturated rings. The molecule has 1 aliphatic carbocycles. The molecule has 1 saturated carbocycles. The summed E-state index contributed by atoms with van der Waals surface area (Å²) in [7, 11) is 1.86. The molecule has 0 saturated heterocycles. The van der Waals surface area contributed by atoms with E-state index in [0.717, 1.165) is 18.5 Å². The number of rotatable bonds is 5. The van der Waals surface area contributed by atoms with Crippen molar-refractivity contribution in [1.82, 2.24) is 15.1 Å². The quantitative estimate of drug-likeness (QED) is 0.779. The summed E-state index contributed by atoms with van der Waals surface area (Å²) in [6, 6.07) is 1.49. The number of carboxylic acid groups (broad SMARTS) is 1. The van der Waals surface area contributed by atoms with Crippen molar-refractivity contribution in [3.8, 4) is 0 Å². The third-order valence-electron chi connectivity index (χ3n) is 3.09. The van der Waals surface area contributed by atoms with Crippen LogP contribution >= 0.6 is 0 Å². The SMILES string of the molecule is CC(NC(C(=O)O)C1CC1)c1ccnn1C. The van der Waals surface area contributed by atoms with Gasteiger partial charge in [0.25, 0.3) is 0 Å². The van der Waals surface area contributed by atoms with Crippen LogP contribution in [0.3, 0.4) is 0 Å². The van der Waals surface area contributed by atoms with Gasteiger partial charge in [0.15, 0.2) is 0 Å². The van der Waals surface area contributed by atoms with Crippen LogP contribution in [0.25, 0.3) is 0 Å². The lowest BCUT2D eigenvalue weighted by Gasteiger charge is -2.20. The molecule has 2 N–H and O–H groups in total. The van der Waals surface area contributed by atoms with E-state index in [0.29, 0.717) is 5.92 Å². The zero-order valence-corrected chi connectivity index (χ0v) is 9.55. The smallest absolute Gasteiger partial charge is 0.321 e. The molecule has 0 radical (unpaired) electrons. The molecule has 1 aliphatic rings. The first kappa shape index (κ1) is 11.1. The minimum absolute atomic E-state index is 0.00852. The van der Waals surface area contributed by atoms with E-state index in [1.54, 1.807) is 10.9 Å². The maximum absolute atomic E-state index is 11.1. The Morgan fingerprint density at radius 1 is 1.69 bits per heavy atom. The highest BCUT2D eigenvalue weighted by Crippen LogP contribution is 2.33. The number of hydrogen-bond donors (Lipinski definition) is 2. The standard InChI is InChI=1S/C11H17N3O2/c1-7(9-5-6-12-14(9)2)13-10(11(15)16)8-3-4-8/h5-8,10,13H,3-4H2,1-2H3,(H,15,16). The zero-order chi connectivity index (χ0) is 11.7. The van der Waals surface area contributed by atoms with Crippen LogP contribution in [0.15, 0.2) is 12.3 Å². The number of nitrogens with zero attached hydrogens (tertiary/aromatic N) is 2. The fourth-order valence-corrected chi connectivity index (χ4v) is 2.00. The molecule has 0 aliphatic heterocycles. The van der Waals surface area contributed by atoms with Crippen LogP contribution in [0.5, 0.6) is 0 Å². The second-order valence-electron chi connectivity index (χ2n) is 4.42. The monoisotopic (exact) mass is 223 g/mol. The number of nitrogens with one attached hydrogen (secondary N) is 1. The summed E-state index contributed by atoms with van der Waals surface area (Å²) in [5.74, 6) is -0.454. The predicted molar refractivity (Wildman–Crippen MR) is 58.9 cm³/mol. The van der Waals surface area contributed by atoms with E-state index in [9.17, 15) is 4.79 Å². The van der Waals surface area contributed by atoms with Gasteiger partial charge < -0.3 is 5.11 Å². The second-order valence-corrected chi connectivity index (χ2v) is 4.42. The lowest BCUT2D eigenvalue weighted by molar-refractivity contribution is -0.140. The molecule has 0 bridgehead atoms. The Labute approximate surface area is 94.5 Å². The Hall–Kier alpha value is -1.36. The van der Waals surface area contributed by atoms with E-state index in [1.165, 1.54) is 0 Å². The summed E-state index contributed by atoms with van der Waals surface area (Å²) in [6.07, 6.45) is 3.75. The molecule has 88 valence electrons. The maximum Gasteiger partial charge on any atom is 0.321 e. The molecule has 1 aromatic rings. The Balaban J connectivity index is 2.03. The van der Waals surface area contributed by atoms with Crippen LogP contribution < -0.4 is 5.32 Å². The van der Waals surface area contributed by atoms with Gasteiger partial charge in [-0.25, -0.2) is 0 Å². The van der Waals surface area contributed by atoms with Gasteiger partial charge in [0.2, 0.25) is 0 Å². The third-order valence-corrected chi connectivity index (χ3v) is 3.09. The molecule has 0 aromatic carbocycles. The van der Waals surface area contributed by atoms with Crippen molar-refractivity contribution in [2.45, 2.75) is 31.8 Å². The molecule has 16 heavy (non-hydrogen) atoms. The van der Waals surface area contributed by atoms with Crippen LogP contribution in [0.1, 0.15) is 31.5 Å². The molecule has 2 unspecified atom stereocenters. The highest BCUT2D eigenvalue weighted by atomic mass is 16.4. The minimum Gasteiger partial charge on any atom is -0.480 e. The lowest BCUT2D eigenvalue weighted by atomic mass is 10.1. The molecule has 5 heteroatoms. The van der Waals surface area contributed by atoms with Gasteiger partial charge in [0.05, 0.1) is 5.69 Å². The molecule has 2 rings (SSSR count). The van der Waals surface area contributed by atoms with Crippen LogP contribution in [-0.2, 0) is 11.8 Å². The van der Waals surface area contributed by atoms with E-state index >= 15 is 0 Å². The molecular weight excluding hydrogens is 206 g/mol. The second kappa shape index (κ2) is 4.25. The Morgan fingerprint density at radius 2 is 2.38 bits per heavy atom. The number of carboxylic acids is 1. The van der Waals surface area contributed by atoms with Gasteiger partial charge in [-0.15, -0.1) is 0 Å². The van der Waals surface area contributed by atoms with E-state index in [2.05, 4.69) is 10.4 Å². The molecular formula is C11H17N3O2. The van der Waals surface area contributed by atoms with E-state index < -0.39 is 12.0 Å². The van der Waals surface area contributed by atoms with Crippen LogP contribution in [-0.4, -0.2) is 26.9 Å². The number of aliphatic carboxylic acids is 1. The van der Waals surface area contributed by atoms with E-state index in [4.69, 9.17) is 5.11 Å². The highest BCUT2D eigenvalue weighted by Gasteiger charge is 2.37. The Kier molecular flexibility index (Phi) is 2.96. The summed E-state index contributed by atoms with van der Waals surface area (Å²) in [6.45, 7) is 1.97. The maximum atomic E-state index is 11.1. The van der Waals surface area contributed by atoms with Crippen molar-refractivity contribution in [3.05, 3.63) is 18.0 Å². The number of aromatic nitrogens is 2. The van der Waals surface area contributed by atoms with Crippen molar-refractivity contribution < 1.29 is 9.90 Å². The van der Waals surface area contributed by atoms with Crippen molar-refractivity contribution in [1.29, 1.82) is 0 Å². The highest BCUT2D eigenvalue weighted by molar-refractivity contribution is 5.74. The predicted octanol–water partition coefficient (Wildman–Crippen LogP) is 0.934. The van der Waals surface area contributed by atoms with Crippen LogP contribution in [0.2, 0.25) is 0 Å². The van der Waals surface area contributed by atoms with E-state index in [1.807, 2.05) is 20.0 Å². The largest absolute Gasteiger partial charge is 0.480 e. The first-order chi connectivity index (χ1) is 7.59. The van der Waals surface area contributed by atoms with Gasteiger partial charge in [-0.1, -0.05) is 0 Å². The molecule has 1 heterocycles. The summed E-state index contributed by atoms with van der Waals surface area (Å²) in [5, 5.41) is 16.4. The first-order valence-corrected chi connectivity index (χ1v) is 5.56. The summed E-state index contributed by atoms with van der Waals surface area (Å²) >= 11 is 0. The molecule has 0 amide bonds. The molecule has 1 aromatic heterocycles. The van der Waals surface area contributed by atoms with Crippen molar-refractivity contribution >= 4 is 5.97 Å². The fourth-order valence-electron chi connectivity index (χ4n) is 2.00. The minimum atomic E-state index is -0.753. The molecule has 0 spiro atoms. The number of hydrogen-bond acceptors (Lipinski definition) is 3. The van der Waals surface area contributed by atoms with Gasteiger partial charge in [-0.2, -0.15) is 5.10 Å². The summed E-state index contributed by atoms with van der Waals surface area (Å²) in [5.41, 5.74) is 1.01. The van der Waals surface area contributed by atoms with Gasteiger partial charge in [0, 0.05) is 19.3 Å². The summed E-state index contributed by atoms with van der Waals surface area (Å²) in [4.78, 5) is 11.1. The van der Waals surface area contributed by atoms with Crippen molar-refractivity contribution in [2.75, 3.05) is 0 Å². The number of aryl methyl sites for hydroxylation is 1. The van der Waals surface area contributed by atoms with Crippen LogP contribution in [0, 0.1) is 5.92 Å². The first-order valence-electron chi connectivity index (χ1n) is 5.56. The molecule has 5 nitrogen and oxygen atoms in total. The van der Waals surface area contributed by atoms with E-state index in [-0.39, 0.29) is 6.04 Å². The average Bonchev–Trinajstić information content (AvgIpc) is 2.96. The van der Waals surface area contributed by atoms with Crippen molar-refractivity contribution in [2.24, 2.45) is 13.0 Å². The van der Waals surface area contributed by atoms with Gasteiger partial charge in [0.1, 0.15) is 6.04 Å². The van der Waals surface area contributed by atoms with Gasteiger partial charge in [-0.05, 0) is 31.7 Å². The van der Waals surface area contributed by atoms with Crippen molar-refractivity contribution in [3.63, 3.8) is 0 Å². The lowest BCUT2D eigenvalue weighted by Crippen LogP contribution is -2.40. The normalized spacial score (nSPS) is 19.4. The number of carbonyl (C=O) groups is 1. The third kappa shape index (κ3) is 2.24. The Bertz CT molecular complexity index is 384. The van der Waals surface area contributed by atoms with Gasteiger partial charge in [-0.3, -0.25) is 14.8 Å². The fraction of sp³-hybridized carbons (Fsp3) is 0.636. The average molecular weight is 223 g/mol. The zero-order valence-electron chi connectivity index (χ0n) is 9.55. The van der Waals surface area contributed by atoms with Crippen LogP contribution in [0.4, 0.5) is 0 Å². The summed E-state index contributed by atoms with van der Waals surface area (Å²) < 4.78 is 1.77. The topological polar surface area (TPSA) is 67.2 Å². The molecule has 2 atom stereocenters. The van der Waals surface area contributed by atoms with Gasteiger partial charge >= 0.3 is 5.97 Å². The Morgan fingerprint density at radius 3 is 2.81 bits per heavy atom.